The number of aromatic nitrogens is 1. The quantitative estimate of drug-likeness (QED) is 0.378. The van der Waals surface area contributed by atoms with Crippen LogP contribution in [0, 0.1) is 5.41 Å². The van der Waals surface area contributed by atoms with E-state index in [1.54, 1.807) is 4.90 Å². The molecular formula is C28H29N5O2. The van der Waals surface area contributed by atoms with Gasteiger partial charge in [0.1, 0.15) is 5.69 Å². The Bertz CT molecular complexity index is 1410. The summed E-state index contributed by atoms with van der Waals surface area (Å²) in [5.74, 6) is -0.173. The van der Waals surface area contributed by atoms with E-state index in [0.29, 0.717) is 38.2 Å². The van der Waals surface area contributed by atoms with Crippen LogP contribution in [0.2, 0.25) is 0 Å². The number of amides is 2. The number of carbonyl (C=O) groups excluding carboxylic acids is 2. The molecule has 2 heterocycles. The standard InChI is InChI=1S/C28H29N5O2/c29-16-19-8-9-21-15-26(28(35)31-23-10-12-32(13-11-23)27(34)17-30)33(25(21)14-19)18-22-6-3-5-20-4-1-2-7-24(20)22/h1-9,14-16,23,29H,10-13,17-18,30H2,(H,31,35). The molecule has 0 bridgehead atoms. The highest BCUT2D eigenvalue weighted by atomic mass is 16.2. The molecule has 0 unspecified atom stereocenters. The van der Waals surface area contributed by atoms with Crippen LogP contribution in [-0.2, 0) is 11.3 Å². The minimum atomic E-state index is -0.124. The Balaban J connectivity index is 1.47. The maximum Gasteiger partial charge on any atom is 0.268 e. The molecule has 0 atom stereocenters. The van der Waals surface area contributed by atoms with Gasteiger partial charge in [0.15, 0.2) is 0 Å². The molecule has 35 heavy (non-hydrogen) atoms. The lowest BCUT2D eigenvalue weighted by molar-refractivity contribution is -0.130. The number of hydrogen-bond acceptors (Lipinski definition) is 4. The monoisotopic (exact) mass is 467 g/mol. The molecule has 7 heteroatoms. The molecule has 5 rings (SSSR count). The number of nitrogens with two attached hydrogens (primary N) is 1. The molecule has 0 spiro atoms. The smallest absolute Gasteiger partial charge is 0.268 e. The molecule has 3 aromatic carbocycles. The van der Waals surface area contributed by atoms with Gasteiger partial charge in [-0.3, -0.25) is 9.59 Å². The highest BCUT2D eigenvalue weighted by Gasteiger charge is 2.25. The number of rotatable bonds is 6. The summed E-state index contributed by atoms with van der Waals surface area (Å²) in [5.41, 5.74) is 8.92. The van der Waals surface area contributed by atoms with E-state index in [1.807, 2.05) is 47.0 Å². The van der Waals surface area contributed by atoms with Crippen LogP contribution < -0.4 is 11.1 Å². The fraction of sp³-hybridized carbons (Fsp3) is 0.250. The van der Waals surface area contributed by atoms with Crippen molar-refractivity contribution in [3.8, 4) is 0 Å². The maximum absolute atomic E-state index is 13.5. The van der Waals surface area contributed by atoms with Crippen molar-refractivity contribution in [2.75, 3.05) is 19.6 Å². The van der Waals surface area contributed by atoms with Gasteiger partial charge < -0.3 is 25.9 Å². The van der Waals surface area contributed by atoms with Gasteiger partial charge >= 0.3 is 0 Å². The molecule has 2 amide bonds. The van der Waals surface area contributed by atoms with Crippen molar-refractivity contribution in [2.24, 2.45) is 5.73 Å². The molecule has 178 valence electrons. The first-order chi connectivity index (χ1) is 17.1. The maximum atomic E-state index is 13.5. The van der Waals surface area contributed by atoms with Crippen molar-refractivity contribution in [1.29, 1.82) is 5.41 Å². The second-order valence-electron chi connectivity index (χ2n) is 9.05. The Kier molecular flexibility index (Phi) is 6.33. The van der Waals surface area contributed by atoms with Crippen LogP contribution in [0.1, 0.15) is 34.5 Å². The van der Waals surface area contributed by atoms with Crippen molar-refractivity contribution >= 4 is 39.7 Å². The SMILES string of the molecule is N=Cc1ccc2cc(C(=O)NC3CCN(C(=O)CN)CC3)n(Cc3cccc4ccccc34)c2c1. The number of benzene rings is 3. The summed E-state index contributed by atoms with van der Waals surface area (Å²) in [7, 11) is 0. The Morgan fingerprint density at radius 1 is 1.00 bits per heavy atom. The summed E-state index contributed by atoms with van der Waals surface area (Å²) in [6.07, 6.45) is 2.74. The van der Waals surface area contributed by atoms with Gasteiger partial charge in [-0.05, 0) is 46.9 Å². The lowest BCUT2D eigenvalue weighted by atomic mass is 10.0. The minimum Gasteiger partial charge on any atom is -0.348 e. The van der Waals surface area contributed by atoms with Crippen LogP contribution in [0.15, 0.2) is 66.7 Å². The van der Waals surface area contributed by atoms with Gasteiger partial charge in [0.25, 0.3) is 5.91 Å². The highest BCUT2D eigenvalue weighted by molar-refractivity contribution is 6.00. The number of piperidine rings is 1. The molecule has 0 aliphatic carbocycles. The van der Waals surface area contributed by atoms with Crippen molar-refractivity contribution < 1.29 is 9.59 Å². The molecule has 1 aliphatic heterocycles. The summed E-state index contributed by atoms with van der Waals surface area (Å²) in [6.45, 7) is 1.76. The van der Waals surface area contributed by atoms with Crippen LogP contribution in [0.3, 0.4) is 0 Å². The molecule has 1 aliphatic rings. The van der Waals surface area contributed by atoms with Crippen molar-refractivity contribution in [1.82, 2.24) is 14.8 Å². The summed E-state index contributed by atoms with van der Waals surface area (Å²) < 4.78 is 2.05. The zero-order chi connectivity index (χ0) is 24.4. The number of likely N-dealkylation sites (tertiary alicyclic amines) is 1. The Morgan fingerprint density at radius 3 is 2.54 bits per heavy atom. The molecule has 7 nitrogen and oxygen atoms in total. The first-order valence-corrected chi connectivity index (χ1v) is 12.0. The topological polar surface area (TPSA) is 104 Å². The molecule has 1 aromatic heterocycles. The lowest BCUT2D eigenvalue weighted by Gasteiger charge is -2.32. The first-order valence-electron chi connectivity index (χ1n) is 12.0. The summed E-state index contributed by atoms with van der Waals surface area (Å²) >= 11 is 0. The number of hydrogen-bond donors (Lipinski definition) is 3. The summed E-state index contributed by atoms with van der Waals surface area (Å²) in [6, 6.07) is 22.2. The predicted octanol–water partition coefficient (Wildman–Crippen LogP) is 3.52. The third kappa shape index (κ3) is 4.55. The van der Waals surface area contributed by atoms with Gasteiger partial charge in [-0.1, -0.05) is 54.6 Å². The summed E-state index contributed by atoms with van der Waals surface area (Å²) in [4.78, 5) is 27.1. The largest absolute Gasteiger partial charge is 0.348 e. The van der Waals surface area contributed by atoms with E-state index in [4.69, 9.17) is 11.1 Å². The zero-order valence-corrected chi connectivity index (χ0v) is 19.5. The van der Waals surface area contributed by atoms with E-state index in [9.17, 15) is 9.59 Å². The molecule has 1 saturated heterocycles. The number of fused-ring (bicyclic) bond motifs is 2. The van der Waals surface area contributed by atoms with E-state index in [2.05, 4.69) is 29.6 Å². The lowest BCUT2D eigenvalue weighted by Crippen LogP contribution is -2.48. The third-order valence-electron chi connectivity index (χ3n) is 6.89. The fourth-order valence-corrected chi connectivity index (χ4v) is 4.98. The van der Waals surface area contributed by atoms with E-state index in [-0.39, 0.29) is 24.4 Å². The predicted molar refractivity (Wildman–Crippen MR) is 139 cm³/mol. The van der Waals surface area contributed by atoms with Gasteiger partial charge in [-0.2, -0.15) is 0 Å². The number of nitrogens with zero attached hydrogens (tertiary/aromatic N) is 2. The van der Waals surface area contributed by atoms with Gasteiger partial charge in [0.2, 0.25) is 5.91 Å². The third-order valence-corrected chi connectivity index (χ3v) is 6.89. The van der Waals surface area contributed by atoms with Gasteiger partial charge in [-0.15, -0.1) is 0 Å². The van der Waals surface area contributed by atoms with Gasteiger partial charge in [0.05, 0.1) is 6.54 Å². The van der Waals surface area contributed by atoms with E-state index in [0.717, 1.165) is 32.8 Å². The Hall–Kier alpha value is -3.97. The average Bonchev–Trinajstić information content (AvgIpc) is 3.26. The normalized spacial score (nSPS) is 14.4. The van der Waals surface area contributed by atoms with Crippen LogP contribution >= 0.6 is 0 Å². The van der Waals surface area contributed by atoms with Gasteiger partial charge in [-0.25, -0.2) is 0 Å². The molecule has 0 radical (unpaired) electrons. The van der Waals surface area contributed by atoms with Crippen LogP contribution in [0.4, 0.5) is 0 Å². The summed E-state index contributed by atoms with van der Waals surface area (Å²) in [5, 5.41) is 14.2. The fourth-order valence-electron chi connectivity index (χ4n) is 4.98. The zero-order valence-electron chi connectivity index (χ0n) is 19.5. The minimum absolute atomic E-state index is 0.00507. The molecule has 4 aromatic rings. The van der Waals surface area contributed by atoms with Crippen molar-refractivity contribution in [3.05, 3.63) is 83.6 Å². The van der Waals surface area contributed by atoms with Gasteiger partial charge in [0, 0.05) is 42.8 Å². The molecule has 0 saturated carbocycles. The number of nitrogens with one attached hydrogen (secondary N) is 2. The Morgan fingerprint density at radius 2 is 1.77 bits per heavy atom. The second-order valence-corrected chi connectivity index (χ2v) is 9.05. The van der Waals surface area contributed by atoms with Crippen molar-refractivity contribution in [3.63, 3.8) is 0 Å². The van der Waals surface area contributed by atoms with E-state index < -0.39 is 0 Å². The van der Waals surface area contributed by atoms with E-state index in [1.165, 1.54) is 6.21 Å². The van der Waals surface area contributed by atoms with E-state index >= 15 is 0 Å². The van der Waals surface area contributed by atoms with Crippen LogP contribution in [0.5, 0.6) is 0 Å². The Labute approximate surface area is 204 Å². The molecule has 4 N–H and O–H groups in total. The van der Waals surface area contributed by atoms with Crippen molar-refractivity contribution in [2.45, 2.75) is 25.4 Å². The number of carbonyl (C=O) groups is 2. The van der Waals surface area contributed by atoms with Crippen LogP contribution in [-0.4, -0.2) is 53.2 Å². The first kappa shape index (κ1) is 22.8. The molecule has 1 fully saturated rings. The second kappa shape index (κ2) is 9.72. The average molecular weight is 468 g/mol. The van der Waals surface area contributed by atoms with Crippen LogP contribution in [0.25, 0.3) is 21.7 Å². The molecular weight excluding hydrogens is 438 g/mol. The highest BCUT2D eigenvalue weighted by Crippen LogP contribution is 2.26.